The minimum atomic E-state index is -0.565. The molecule has 0 saturated carbocycles. The number of aromatic nitrogens is 4. The number of imidazole rings is 1. The second-order valence-electron chi connectivity index (χ2n) is 6.53. The molecule has 0 fully saturated rings. The van der Waals surface area contributed by atoms with Crippen molar-refractivity contribution in [1.82, 2.24) is 24.8 Å². The molecule has 30 heavy (non-hydrogen) atoms. The normalized spacial score (nSPS) is 11.9. The summed E-state index contributed by atoms with van der Waals surface area (Å²) in [6.07, 6.45) is 7.96. The molecule has 160 valence electrons. The van der Waals surface area contributed by atoms with Gasteiger partial charge in [-0.25, -0.2) is 15.0 Å². The summed E-state index contributed by atoms with van der Waals surface area (Å²) in [5, 5.41) is 6.58. The Bertz CT molecular complexity index is 953. The first-order valence-corrected chi connectivity index (χ1v) is 11.2. The van der Waals surface area contributed by atoms with Crippen LogP contribution in [0.25, 0.3) is 0 Å². The first-order valence-electron chi connectivity index (χ1n) is 9.46. The summed E-state index contributed by atoms with van der Waals surface area (Å²) in [5.41, 5.74) is 2.52. The average molecular weight is 449 g/mol. The molecule has 0 radical (unpaired) electrons. The number of methoxy groups -OCH3 is 1. The lowest BCUT2D eigenvalue weighted by molar-refractivity contribution is -0.120. The van der Waals surface area contributed by atoms with Crippen LogP contribution in [0.2, 0.25) is 0 Å². The van der Waals surface area contributed by atoms with Crippen LogP contribution in [0, 0.1) is 6.92 Å². The minimum Gasteiger partial charge on any atom is -0.384 e. The van der Waals surface area contributed by atoms with Gasteiger partial charge in [-0.1, -0.05) is 11.3 Å². The highest BCUT2D eigenvalue weighted by atomic mass is 32.1. The molecule has 3 aromatic rings. The maximum atomic E-state index is 12.7. The molecule has 1 unspecified atom stereocenters. The summed E-state index contributed by atoms with van der Waals surface area (Å²) in [6.45, 7) is 3.55. The zero-order valence-electron chi connectivity index (χ0n) is 16.8. The number of nitrogens with one attached hydrogen (secondary N) is 2. The molecular formula is C19H24N6O3S2. The number of carbonyl (C=O) groups excluding carboxylic acids is 2. The number of carbonyl (C=O) groups is 2. The van der Waals surface area contributed by atoms with Crippen LogP contribution in [0.3, 0.4) is 0 Å². The molecule has 0 aliphatic rings. The second-order valence-corrected chi connectivity index (χ2v) is 8.45. The Labute approximate surface area is 182 Å². The number of hydrogen-bond donors (Lipinski definition) is 2. The molecule has 0 aliphatic heterocycles. The Kier molecular flexibility index (Phi) is 8.05. The first-order chi connectivity index (χ1) is 14.6. The maximum Gasteiger partial charge on any atom is 0.263 e. The van der Waals surface area contributed by atoms with Crippen LogP contribution in [0.4, 0.5) is 5.13 Å². The Morgan fingerprint density at radius 1 is 1.33 bits per heavy atom. The summed E-state index contributed by atoms with van der Waals surface area (Å²) in [4.78, 5) is 38.9. The lowest BCUT2D eigenvalue weighted by Gasteiger charge is -2.16. The number of ether oxygens (including phenoxy) is 1. The first kappa shape index (κ1) is 22.1. The Balaban J connectivity index is 1.58. The van der Waals surface area contributed by atoms with Crippen LogP contribution < -0.4 is 10.6 Å². The van der Waals surface area contributed by atoms with Crippen molar-refractivity contribution in [3.63, 3.8) is 0 Å². The van der Waals surface area contributed by atoms with Crippen molar-refractivity contribution < 1.29 is 14.3 Å². The molecule has 1 amide bonds. The van der Waals surface area contributed by atoms with Crippen molar-refractivity contribution in [2.24, 2.45) is 0 Å². The lowest BCUT2D eigenvalue weighted by Crippen LogP contribution is -2.24. The van der Waals surface area contributed by atoms with Crippen LogP contribution in [-0.2, 0) is 16.1 Å². The van der Waals surface area contributed by atoms with E-state index in [2.05, 4.69) is 25.6 Å². The Morgan fingerprint density at radius 2 is 2.20 bits per heavy atom. The van der Waals surface area contributed by atoms with E-state index < -0.39 is 6.04 Å². The van der Waals surface area contributed by atoms with E-state index in [0.29, 0.717) is 23.2 Å². The number of aryl methyl sites for hydroxylation is 2. The number of rotatable bonds is 12. The van der Waals surface area contributed by atoms with E-state index in [-0.39, 0.29) is 18.1 Å². The summed E-state index contributed by atoms with van der Waals surface area (Å²) < 4.78 is 7.00. The molecule has 11 heteroatoms. The topological polar surface area (TPSA) is 111 Å². The van der Waals surface area contributed by atoms with Gasteiger partial charge in [0.15, 0.2) is 10.9 Å². The fourth-order valence-electron chi connectivity index (χ4n) is 2.77. The number of ketones is 1. The molecule has 3 aromatic heterocycles. The fourth-order valence-corrected chi connectivity index (χ4v) is 4.40. The van der Waals surface area contributed by atoms with Gasteiger partial charge in [-0.05, 0) is 13.3 Å². The summed E-state index contributed by atoms with van der Waals surface area (Å²) in [7, 11) is 1.56. The van der Waals surface area contributed by atoms with Crippen LogP contribution in [-0.4, -0.2) is 51.5 Å². The standard InChI is InChI=1S/C19H24N6O3S2/c1-13-17(29-12-23-13)16(14(26)4-9-28-2)24-19-22-10-15(30-19)18(27)21-5-3-7-25-8-6-20-11-25/h6,8,10-12,16H,3-5,7,9H2,1-2H3,(H,21,27)(H,22,24). The van der Waals surface area contributed by atoms with Crippen LogP contribution in [0.1, 0.15) is 39.1 Å². The molecule has 0 aromatic carbocycles. The van der Waals surface area contributed by atoms with Crippen molar-refractivity contribution >= 4 is 39.5 Å². The molecule has 0 bridgehead atoms. The van der Waals surface area contributed by atoms with E-state index in [1.807, 2.05) is 17.7 Å². The lowest BCUT2D eigenvalue weighted by atomic mass is 10.1. The van der Waals surface area contributed by atoms with Crippen molar-refractivity contribution in [3.05, 3.63) is 45.9 Å². The number of anilines is 1. The molecule has 9 nitrogen and oxygen atoms in total. The SMILES string of the molecule is COCCC(=O)C(Nc1ncc(C(=O)NCCCn2ccnc2)s1)c1scnc1C. The number of Topliss-reactive ketones (excluding diaryl/α,β-unsaturated/α-hetero) is 1. The highest BCUT2D eigenvalue weighted by Gasteiger charge is 2.25. The van der Waals surface area contributed by atoms with E-state index in [9.17, 15) is 9.59 Å². The monoisotopic (exact) mass is 448 g/mol. The molecule has 0 saturated heterocycles. The highest BCUT2D eigenvalue weighted by Crippen LogP contribution is 2.29. The zero-order valence-corrected chi connectivity index (χ0v) is 18.5. The summed E-state index contributed by atoms with van der Waals surface area (Å²) >= 11 is 2.64. The summed E-state index contributed by atoms with van der Waals surface area (Å²) in [6, 6.07) is -0.565. The van der Waals surface area contributed by atoms with E-state index in [4.69, 9.17) is 4.74 Å². The van der Waals surface area contributed by atoms with E-state index >= 15 is 0 Å². The van der Waals surface area contributed by atoms with Crippen molar-refractivity contribution in [3.8, 4) is 0 Å². The van der Waals surface area contributed by atoms with Gasteiger partial charge in [-0.2, -0.15) is 0 Å². The predicted octanol–water partition coefficient (Wildman–Crippen LogP) is 2.68. The van der Waals surface area contributed by atoms with Gasteiger partial charge in [0.2, 0.25) is 0 Å². The van der Waals surface area contributed by atoms with Crippen molar-refractivity contribution in [1.29, 1.82) is 0 Å². The van der Waals surface area contributed by atoms with Gasteiger partial charge >= 0.3 is 0 Å². The largest absolute Gasteiger partial charge is 0.384 e. The average Bonchev–Trinajstić information content (AvgIpc) is 3.50. The second kappa shape index (κ2) is 11.0. The number of amides is 1. The van der Waals surface area contributed by atoms with Gasteiger partial charge in [0.05, 0.1) is 35.2 Å². The molecule has 0 spiro atoms. The minimum absolute atomic E-state index is 0.00935. The van der Waals surface area contributed by atoms with Crippen molar-refractivity contribution in [2.45, 2.75) is 32.4 Å². The summed E-state index contributed by atoms with van der Waals surface area (Å²) in [5.74, 6) is -0.188. The molecule has 3 rings (SSSR count). The quantitative estimate of drug-likeness (QED) is 0.410. The highest BCUT2D eigenvalue weighted by molar-refractivity contribution is 7.17. The van der Waals surface area contributed by atoms with Crippen molar-refractivity contribution in [2.75, 3.05) is 25.6 Å². The van der Waals surface area contributed by atoms with Gasteiger partial charge in [-0.15, -0.1) is 11.3 Å². The Morgan fingerprint density at radius 3 is 2.90 bits per heavy atom. The van der Waals surface area contributed by atoms with Gasteiger partial charge in [0, 0.05) is 39.0 Å². The van der Waals surface area contributed by atoms with Gasteiger partial charge in [-0.3, -0.25) is 9.59 Å². The van der Waals surface area contributed by atoms with E-state index in [0.717, 1.165) is 23.5 Å². The van der Waals surface area contributed by atoms with Gasteiger partial charge < -0.3 is 19.9 Å². The maximum absolute atomic E-state index is 12.7. The molecule has 1 atom stereocenters. The number of nitrogens with zero attached hydrogens (tertiary/aromatic N) is 4. The molecule has 3 heterocycles. The van der Waals surface area contributed by atoms with E-state index in [1.165, 1.54) is 28.9 Å². The molecule has 0 aliphatic carbocycles. The van der Waals surface area contributed by atoms with Gasteiger partial charge in [0.1, 0.15) is 10.9 Å². The zero-order chi connectivity index (χ0) is 21.3. The molecule has 2 N–H and O–H groups in total. The third-order valence-corrected chi connectivity index (χ3v) is 6.28. The van der Waals surface area contributed by atoms with Crippen LogP contribution in [0.15, 0.2) is 30.4 Å². The van der Waals surface area contributed by atoms with Crippen LogP contribution >= 0.6 is 22.7 Å². The fraction of sp³-hybridized carbons (Fsp3) is 0.421. The third kappa shape index (κ3) is 5.94. The number of hydrogen-bond acceptors (Lipinski definition) is 9. The smallest absolute Gasteiger partial charge is 0.263 e. The third-order valence-electron chi connectivity index (χ3n) is 4.35. The predicted molar refractivity (Wildman–Crippen MR) is 116 cm³/mol. The van der Waals surface area contributed by atoms with Crippen LogP contribution in [0.5, 0.6) is 0 Å². The number of thiazole rings is 2. The Hall–Kier alpha value is -2.63. The van der Waals surface area contributed by atoms with Gasteiger partial charge in [0.25, 0.3) is 5.91 Å². The van der Waals surface area contributed by atoms with E-state index in [1.54, 1.807) is 25.1 Å². The molecular weight excluding hydrogens is 424 g/mol.